The van der Waals surface area contributed by atoms with Crippen LogP contribution in [0.5, 0.6) is 0 Å². The summed E-state index contributed by atoms with van der Waals surface area (Å²) in [6.45, 7) is 7.84. The van der Waals surface area contributed by atoms with Crippen molar-refractivity contribution < 1.29 is 9.59 Å². The molecule has 0 N–H and O–H groups in total. The molecule has 0 saturated carbocycles. The van der Waals surface area contributed by atoms with Gasteiger partial charge in [-0.05, 0) is 97.4 Å². The van der Waals surface area contributed by atoms with Gasteiger partial charge in [-0.15, -0.1) is 0 Å². The Morgan fingerprint density at radius 3 is 1.25 bits per heavy atom. The van der Waals surface area contributed by atoms with Gasteiger partial charge in [-0.1, -0.05) is 21.6 Å². The molecule has 0 fully saturated rings. The van der Waals surface area contributed by atoms with Gasteiger partial charge in [-0.2, -0.15) is 0 Å². The average Bonchev–Trinajstić information content (AvgIpc) is 2.50. The number of rotatable bonds is 5. The molecule has 0 saturated heterocycles. The molecule has 126 valence electrons. The van der Waals surface area contributed by atoms with Crippen molar-refractivity contribution in [2.45, 2.75) is 37.5 Å². The van der Waals surface area contributed by atoms with Crippen molar-refractivity contribution in [2.75, 3.05) is 0 Å². The van der Waals surface area contributed by atoms with Crippen molar-refractivity contribution in [2.24, 2.45) is 0 Å². The summed E-state index contributed by atoms with van der Waals surface area (Å²) in [7, 11) is 2.80. The number of benzene rings is 2. The van der Waals surface area contributed by atoms with Crippen LogP contribution in [0, 0.1) is 27.7 Å². The summed E-state index contributed by atoms with van der Waals surface area (Å²) < 4.78 is 0. The molecule has 0 bridgehead atoms. The van der Waals surface area contributed by atoms with Crippen LogP contribution in [-0.4, -0.2) is 10.5 Å². The summed E-state index contributed by atoms with van der Waals surface area (Å²) in [6, 6.07) is 7.46. The predicted octanol–water partition coefficient (Wildman–Crippen LogP) is 6.48. The predicted molar refractivity (Wildman–Crippen MR) is 104 cm³/mol. The summed E-state index contributed by atoms with van der Waals surface area (Å²) in [6.07, 6.45) is 0. The van der Waals surface area contributed by atoms with Crippen molar-refractivity contribution in [1.82, 2.24) is 0 Å². The summed E-state index contributed by atoms with van der Waals surface area (Å²) in [5.41, 5.74) is 5.12. The standard InChI is InChI=1S/C18H16Cl2O2S2/c1-9-5-13(17(19)21)15(7-11(9)3)23-24-16-8-12(4)10(2)6-14(16)18(20)22/h5-8H,1-4H3. The zero-order valence-electron chi connectivity index (χ0n) is 13.7. The third-order valence-electron chi connectivity index (χ3n) is 3.84. The fourth-order valence-corrected chi connectivity index (χ4v) is 5.02. The molecule has 0 heterocycles. The number of hydrogen-bond acceptors (Lipinski definition) is 4. The minimum atomic E-state index is -0.491. The monoisotopic (exact) mass is 398 g/mol. The lowest BCUT2D eigenvalue weighted by Crippen LogP contribution is -1.96. The zero-order valence-corrected chi connectivity index (χ0v) is 16.8. The van der Waals surface area contributed by atoms with Crippen molar-refractivity contribution in [3.8, 4) is 0 Å². The van der Waals surface area contributed by atoms with E-state index in [0.717, 1.165) is 32.0 Å². The van der Waals surface area contributed by atoms with Crippen LogP contribution < -0.4 is 0 Å². The Morgan fingerprint density at radius 1 is 0.667 bits per heavy atom. The van der Waals surface area contributed by atoms with E-state index in [0.29, 0.717) is 11.1 Å². The Hall–Kier alpha value is -0.940. The lowest BCUT2D eigenvalue weighted by molar-refractivity contribution is 0.107. The number of carbonyl (C=O) groups excluding carboxylic acids is 2. The van der Waals surface area contributed by atoms with E-state index in [9.17, 15) is 9.59 Å². The van der Waals surface area contributed by atoms with Crippen molar-refractivity contribution in [3.63, 3.8) is 0 Å². The van der Waals surface area contributed by atoms with Crippen LogP contribution in [0.2, 0.25) is 0 Å². The highest BCUT2D eigenvalue weighted by molar-refractivity contribution is 8.76. The molecule has 0 aliphatic rings. The highest BCUT2D eigenvalue weighted by atomic mass is 35.5. The second kappa shape index (κ2) is 7.96. The third kappa shape index (κ3) is 4.37. The first-order chi connectivity index (χ1) is 11.2. The van der Waals surface area contributed by atoms with E-state index < -0.39 is 10.5 Å². The Labute approximate surface area is 159 Å². The Kier molecular flexibility index (Phi) is 6.43. The van der Waals surface area contributed by atoms with Gasteiger partial charge in [-0.25, -0.2) is 0 Å². The molecule has 0 radical (unpaired) electrons. The average molecular weight is 399 g/mol. The Bertz CT molecular complexity index is 763. The smallest absolute Gasteiger partial charge is 0.253 e. The van der Waals surface area contributed by atoms with Crippen LogP contribution in [0.1, 0.15) is 43.0 Å². The van der Waals surface area contributed by atoms with E-state index in [-0.39, 0.29) is 0 Å². The minimum absolute atomic E-state index is 0.472. The number of carbonyl (C=O) groups is 2. The molecule has 0 atom stereocenters. The minimum Gasteiger partial charge on any atom is -0.276 e. The molecule has 2 aromatic carbocycles. The second-order valence-electron chi connectivity index (χ2n) is 5.58. The van der Waals surface area contributed by atoms with Gasteiger partial charge in [0.05, 0.1) is 0 Å². The zero-order chi connectivity index (χ0) is 18.0. The van der Waals surface area contributed by atoms with E-state index in [1.807, 2.05) is 39.8 Å². The van der Waals surface area contributed by atoms with Gasteiger partial charge in [0.15, 0.2) is 0 Å². The van der Waals surface area contributed by atoms with Gasteiger partial charge >= 0.3 is 0 Å². The highest BCUT2D eigenvalue weighted by Crippen LogP contribution is 2.42. The molecule has 0 aromatic heterocycles. The Morgan fingerprint density at radius 2 is 0.958 bits per heavy atom. The molecular weight excluding hydrogens is 383 g/mol. The van der Waals surface area contributed by atoms with Crippen molar-refractivity contribution in [3.05, 3.63) is 57.6 Å². The first kappa shape index (κ1) is 19.4. The summed E-state index contributed by atoms with van der Waals surface area (Å²) in [5.74, 6) is 0. The fraction of sp³-hybridized carbons (Fsp3) is 0.222. The van der Waals surface area contributed by atoms with E-state index >= 15 is 0 Å². The maximum atomic E-state index is 11.7. The fourth-order valence-electron chi connectivity index (χ4n) is 2.11. The molecule has 2 aromatic rings. The SMILES string of the molecule is Cc1cc(SSc2cc(C)c(C)cc2C(=O)Cl)c(C(=O)Cl)cc1C. The Balaban J connectivity index is 2.38. The first-order valence-electron chi connectivity index (χ1n) is 7.17. The van der Waals surface area contributed by atoms with Crippen molar-refractivity contribution >= 4 is 55.3 Å². The highest BCUT2D eigenvalue weighted by Gasteiger charge is 2.16. The number of halogens is 2. The molecule has 0 amide bonds. The maximum Gasteiger partial charge on any atom is 0.253 e. The number of aryl methyl sites for hydroxylation is 4. The lowest BCUT2D eigenvalue weighted by Gasteiger charge is -2.12. The number of hydrogen-bond donors (Lipinski definition) is 0. The quantitative estimate of drug-likeness (QED) is 0.426. The van der Waals surface area contributed by atoms with Gasteiger partial charge in [-0.3, -0.25) is 9.59 Å². The summed E-state index contributed by atoms with van der Waals surface area (Å²) >= 11 is 11.4. The third-order valence-corrected chi connectivity index (χ3v) is 6.69. The normalized spacial score (nSPS) is 10.8. The van der Waals surface area contributed by atoms with Crippen LogP contribution in [-0.2, 0) is 0 Å². The van der Waals surface area contributed by atoms with E-state index in [1.54, 1.807) is 12.1 Å². The molecule has 0 aliphatic heterocycles. The van der Waals surface area contributed by atoms with Crippen LogP contribution in [0.3, 0.4) is 0 Å². The second-order valence-corrected chi connectivity index (χ2v) is 8.48. The molecule has 0 aliphatic carbocycles. The topological polar surface area (TPSA) is 34.1 Å². The van der Waals surface area contributed by atoms with E-state index in [2.05, 4.69) is 0 Å². The van der Waals surface area contributed by atoms with Gasteiger partial charge in [0.25, 0.3) is 10.5 Å². The molecule has 2 nitrogen and oxygen atoms in total. The molecule has 2 rings (SSSR count). The molecular formula is C18H16Cl2O2S2. The van der Waals surface area contributed by atoms with Crippen molar-refractivity contribution in [1.29, 1.82) is 0 Å². The first-order valence-corrected chi connectivity index (χ1v) is 10.1. The molecule has 0 unspecified atom stereocenters. The van der Waals surface area contributed by atoms with Crippen LogP contribution in [0.4, 0.5) is 0 Å². The van der Waals surface area contributed by atoms with Gasteiger partial charge in [0.2, 0.25) is 0 Å². The van der Waals surface area contributed by atoms with Gasteiger partial charge in [0.1, 0.15) is 0 Å². The van der Waals surface area contributed by atoms with Gasteiger partial charge in [0, 0.05) is 20.9 Å². The van der Waals surface area contributed by atoms with E-state index in [4.69, 9.17) is 23.2 Å². The van der Waals surface area contributed by atoms with Crippen LogP contribution >= 0.6 is 44.8 Å². The van der Waals surface area contributed by atoms with E-state index in [1.165, 1.54) is 21.6 Å². The van der Waals surface area contributed by atoms with Crippen LogP contribution in [0.25, 0.3) is 0 Å². The van der Waals surface area contributed by atoms with Gasteiger partial charge < -0.3 is 0 Å². The van der Waals surface area contributed by atoms with Crippen LogP contribution in [0.15, 0.2) is 34.1 Å². The maximum absolute atomic E-state index is 11.7. The molecule has 0 spiro atoms. The molecule has 24 heavy (non-hydrogen) atoms. The summed E-state index contributed by atoms with van der Waals surface area (Å²) in [4.78, 5) is 24.9. The lowest BCUT2D eigenvalue weighted by atomic mass is 10.1. The largest absolute Gasteiger partial charge is 0.276 e. The summed E-state index contributed by atoms with van der Waals surface area (Å²) in [5, 5.41) is -0.982. The molecule has 6 heteroatoms.